The topological polar surface area (TPSA) is 99.1 Å². The van der Waals surface area contributed by atoms with Crippen LogP contribution in [0.25, 0.3) is 0 Å². The molecule has 0 aliphatic carbocycles. The Balaban J connectivity index is 1.89. The van der Waals surface area contributed by atoms with E-state index in [0.717, 1.165) is 0 Å². The fraction of sp³-hybridized carbons (Fsp3) is 0.818. The number of hydrogen-bond donors (Lipinski definition) is 3. The van der Waals surface area contributed by atoms with E-state index in [-0.39, 0.29) is 31.1 Å². The van der Waals surface area contributed by atoms with E-state index in [2.05, 4.69) is 5.32 Å². The SMILES string of the molecule is CC1(OCC(=O)N2C[C@H](O)C[C@H]2C(=O)O)CNC1. The van der Waals surface area contributed by atoms with Gasteiger partial charge in [-0.2, -0.15) is 0 Å². The van der Waals surface area contributed by atoms with Gasteiger partial charge in [0.1, 0.15) is 12.6 Å². The molecule has 1 amide bonds. The van der Waals surface area contributed by atoms with Crippen LogP contribution in [0.2, 0.25) is 0 Å². The molecule has 3 N–H and O–H groups in total. The van der Waals surface area contributed by atoms with Crippen molar-refractivity contribution in [3.05, 3.63) is 0 Å². The summed E-state index contributed by atoms with van der Waals surface area (Å²) in [6.07, 6.45) is -0.684. The average molecular weight is 258 g/mol. The third-order valence-electron chi connectivity index (χ3n) is 3.43. The highest BCUT2D eigenvalue weighted by atomic mass is 16.5. The van der Waals surface area contributed by atoms with Crippen LogP contribution in [0.15, 0.2) is 0 Å². The number of carboxylic acids is 1. The normalized spacial score (nSPS) is 30.0. The lowest BCUT2D eigenvalue weighted by atomic mass is 10.0. The monoisotopic (exact) mass is 258 g/mol. The number of rotatable bonds is 4. The Morgan fingerprint density at radius 2 is 2.17 bits per heavy atom. The van der Waals surface area contributed by atoms with Gasteiger partial charge in [-0.3, -0.25) is 4.79 Å². The molecule has 7 nitrogen and oxygen atoms in total. The maximum Gasteiger partial charge on any atom is 0.326 e. The van der Waals surface area contributed by atoms with Gasteiger partial charge in [0.25, 0.3) is 0 Å². The minimum absolute atomic E-state index is 0.0636. The Hall–Kier alpha value is -1.18. The minimum atomic E-state index is -1.09. The fourth-order valence-electron chi connectivity index (χ4n) is 2.22. The number of aliphatic carboxylic acids is 1. The van der Waals surface area contributed by atoms with Crippen LogP contribution in [0.4, 0.5) is 0 Å². The van der Waals surface area contributed by atoms with E-state index in [1.165, 1.54) is 4.90 Å². The molecular weight excluding hydrogens is 240 g/mol. The van der Waals surface area contributed by atoms with Crippen molar-refractivity contribution in [2.24, 2.45) is 0 Å². The largest absolute Gasteiger partial charge is 0.480 e. The zero-order valence-corrected chi connectivity index (χ0v) is 10.3. The summed E-state index contributed by atoms with van der Waals surface area (Å²) in [5, 5.41) is 21.5. The maximum absolute atomic E-state index is 11.9. The van der Waals surface area contributed by atoms with Crippen LogP contribution < -0.4 is 5.32 Å². The Kier molecular flexibility index (Phi) is 3.56. The summed E-state index contributed by atoms with van der Waals surface area (Å²) < 4.78 is 5.47. The van der Waals surface area contributed by atoms with Crippen molar-refractivity contribution in [2.75, 3.05) is 26.2 Å². The number of amides is 1. The zero-order chi connectivity index (χ0) is 13.3. The molecule has 0 saturated carbocycles. The molecule has 7 heteroatoms. The summed E-state index contributed by atoms with van der Waals surface area (Å²) in [7, 11) is 0. The third kappa shape index (κ3) is 2.63. The number of aliphatic hydroxyl groups excluding tert-OH is 1. The number of likely N-dealkylation sites (tertiary alicyclic amines) is 1. The molecule has 0 radical (unpaired) electrons. The van der Waals surface area contributed by atoms with E-state index in [9.17, 15) is 14.7 Å². The number of aliphatic hydroxyl groups is 1. The summed E-state index contributed by atoms with van der Waals surface area (Å²) >= 11 is 0. The van der Waals surface area contributed by atoms with Crippen LogP contribution in [0, 0.1) is 0 Å². The van der Waals surface area contributed by atoms with Gasteiger partial charge in [-0.1, -0.05) is 0 Å². The molecule has 102 valence electrons. The highest BCUT2D eigenvalue weighted by Crippen LogP contribution is 2.20. The molecule has 2 atom stereocenters. The summed E-state index contributed by atoms with van der Waals surface area (Å²) in [6, 6.07) is -0.941. The second-order valence-electron chi connectivity index (χ2n) is 5.13. The van der Waals surface area contributed by atoms with Crippen LogP contribution in [-0.4, -0.2) is 71.0 Å². The van der Waals surface area contributed by atoms with Gasteiger partial charge in [0, 0.05) is 26.1 Å². The lowest BCUT2D eigenvalue weighted by molar-refractivity contribution is -0.154. The van der Waals surface area contributed by atoms with E-state index >= 15 is 0 Å². The molecule has 2 heterocycles. The molecule has 0 unspecified atom stereocenters. The lowest BCUT2D eigenvalue weighted by Gasteiger charge is -2.39. The highest BCUT2D eigenvalue weighted by Gasteiger charge is 2.40. The fourth-order valence-corrected chi connectivity index (χ4v) is 2.22. The minimum Gasteiger partial charge on any atom is -0.480 e. The Morgan fingerprint density at radius 3 is 2.67 bits per heavy atom. The molecule has 0 aromatic heterocycles. The molecule has 0 spiro atoms. The van der Waals surface area contributed by atoms with Crippen LogP contribution in [0.1, 0.15) is 13.3 Å². The number of ether oxygens (including phenoxy) is 1. The maximum atomic E-state index is 11.9. The van der Waals surface area contributed by atoms with Crippen LogP contribution in [-0.2, 0) is 14.3 Å². The first-order chi connectivity index (χ1) is 8.41. The van der Waals surface area contributed by atoms with Crippen molar-refractivity contribution < 1.29 is 24.5 Å². The van der Waals surface area contributed by atoms with Crippen molar-refractivity contribution >= 4 is 11.9 Å². The van der Waals surface area contributed by atoms with Crippen LogP contribution in [0.5, 0.6) is 0 Å². The van der Waals surface area contributed by atoms with Gasteiger partial charge in [-0.05, 0) is 6.92 Å². The summed E-state index contributed by atoms with van der Waals surface area (Å²) in [4.78, 5) is 24.1. The van der Waals surface area contributed by atoms with Crippen molar-refractivity contribution in [3.8, 4) is 0 Å². The first-order valence-electron chi connectivity index (χ1n) is 5.96. The zero-order valence-electron chi connectivity index (χ0n) is 10.3. The molecule has 0 aromatic carbocycles. The van der Waals surface area contributed by atoms with Gasteiger partial charge < -0.3 is 25.2 Å². The third-order valence-corrected chi connectivity index (χ3v) is 3.43. The summed E-state index contributed by atoms with van der Waals surface area (Å²) in [6.45, 7) is 3.18. The molecule has 18 heavy (non-hydrogen) atoms. The van der Waals surface area contributed by atoms with Gasteiger partial charge in [-0.15, -0.1) is 0 Å². The van der Waals surface area contributed by atoms with E-state index in [0.29, 0.717) is 13.1 Å². The number of nitrogens with one attached hydrogen (secondary N) is 1. The molecular formula is C11H18N2O5. The number of carboxylic acid groups (broad SMARTS) is 1. The lowest BCUT2D eigenvalue weighted by Crippen LogP contribution is -2.60. The van der Waals surface area contributed by atoms with Crippen LogP contribution in [0.3, 0.4) is 0 Å². The molecule has 2 aliphatic rings. The number of β-amino-alcohol motifs (C(OH)–C–C–N with tert-alkyl or cyclic N) is 1. The predicted octanol–water partition coefficient (Wildman–Crippen LogP) is -1.59. The Bertz CT molecular complexity index is 355. The molecule has 2 fully saturated rings. The molecule has 0 aromatic rings. The number of carbonyl (C=O) groups is 2. The van der Waals surface area contributed by atoms with Gasteiger partial charge in [-0.25, -0.2) is 4.79 Å². The van der Waals surface area contributed by atoms with Crippen molar-refractivity contribution in [1.82, 2.24) is 10.2 Å². The van der Waals surface area contributed by atoms with Crippen LogP contribution >= 0.6 is 0 Å². The van der Waals surface area contributed by atoms with Gasteiger partial charge in [0.05, 0.1) is 11.7 Å². The molecule has 0 bridgehead atoms. The molecule has 2 aliphatic heterocycles. The second kappa shape index (κ2) is 4.83. The van der Waals surface area contributed by atoms with E-state index in [1.807, 2.05) is 6.92 Å². The van der Waals surface area contributed by atoms with E-state index < -0.39 is 18.1 Å². The smallest absolute Gasteiger partial charge is 0.326 e. The van der Waals surface area contributed by atoms with Crippen molar-refractivity contribution in [1.29, 1.82) is 0 Å². The Labute approximate surface area is 105 Å². The van der Waals surface area contributed by atoms with Gasteiger partial charge in [0.15, 0.2) is 0 Å². The second-order valence-corrected chi connectivity index (χ2v) is 5.13. The van der Waals surface area contributed by atoms with Gasteiger partial charge in [0.2, 0.25) is 5.91 Å². The highest BCUT2D eigenvalue weighted by molar-refractivity contribution is 5.85. The average Bonchev–Trinajstić information content (AvgIpc) is 2.66. The van der Waals surface area contributed by atoms with Crippen molar-refractivity contribution in [2.45, 2.75) is 31.1 Å². The molecule has 2 rings (SSSR count). The summed E-state index contributed by atoms with van der Waals surface area (Å²) in [5.41, 5.74) is -0.341. The first kappa shape index (κ1) is 13.3. The first-order valence-corrected chi connectivity index (χ1v) is 5.96. The molecule has 2 saturated heterocycles. The Morgan fingerprint density at radius 1 is 1.50 bits per heavy atom. The van der Waals surface area contributed by atoms with Crippen molar-refractivity contribution in [3.63, 3.8) is 0 Å². The summed E-state index contributed by atoms with van der Waals surface area (Å²) in [5.74, 6) is -1.47. The predicted molar refractivity (Wildman–Crippen MR) is 61.0 cm³/mol. The van der Waals surface area contributed by atoms with Gasteiger partial charge >= 0.3 is 5.97 Å². The quantitative estimate of drug-likeness (QED) is 0.562. The van der Waals surface area contributed by atoms with E-state index in [1.54, 1.807) is 0 Å². The standard InChI is InChI=1S/C11H18N2O5/c1-11(5-12-6-11)18-4-9(15)13-3-7(14)2-8(13)10(16)17/h7-8,12,14H,2-6H2,1H3,(H,16,17)/t7-,8+/m1/s1. The number of nitrogens with zero attached hydrogens (tertiary/aromatic N) is 1. The van der Waals surface area contributed by atoms with E-state index in [4.69, 9.17) is 9.84 Å². The number of carbonyl (C=O) groups excluding carboxylic acids is 1. The number of hydrogen-bond acceptors (Lipinski definition) is 5.